The van der Waals surface area contributed by atoms with Crippen molar-refractivity contribution in [1.29, 1.82) is 0 Å². The molecule has 0 atom stereocenters. The van der Waals surface area contributed by atoms with Gasteiger partial charge in [0.05, 0.1) is 11.4 Å². The van der Waals surface area contributed by atoms with Crippen molar-refractivity contribution in [3.05, 3.63) is 28.4 Å². The second-order valence-corrected chi connectivity index (χ2v) is 5.08. The third-order valence-electron chi connectivity index (χ3n) is 3.30. The molecule has 0 unspecified atom stereocenters. The molecule has 24 heavy (non-hydrogen) atoms. The monoisotopic (exact) mass is 379 g/mol. The Morgan fingerprint density at radius 3 is 2.12 bits per heavy atom. The van der Waals surface area contributed by atoms with E-state index in [2.05, 4.69) is 0 Å². The minimum Gasteiger partial charge on any atom is -0.733 e. The number of nitrogens with one attached hydrogen (secondary N) is 1. The molecule has 0 fully saturated rings. The van der Waals surface area contributed by atoms with E-state index in [1.54, 1.807) is 0 Å². The predicted molar refractivity (Wildman–Crippen MR) is 72.5 cm³/mol. The predicted octanol–water partition coefficient (Wildman–Crippen LogP) is 4.49. The number of amides is 1. The van der Waals surface area contributed by atoms with Crippen LogP contribution in [0, 0.1) is 10.6 Å². The average molecular weight is 380 g/mol. The van der Waals surface area contributed by atoms with Crippen LogP contribution in [0.15, 0.2) is 18.2 Å². The molecule has 1 amide bonds. The van der Waals surface area contributed by atoms with E-state index in [4.69, 9.17) is 16.8 Å². The van der Waals surface area contributed by atoms with Gasteiger partial charge in [-0.15, -0.1) is 0 Å². The number of hydrogen-bond donors (Lipinski definition) is 2. The Labute approximate surface area is 136 Å². The molecule has 1 aromatic carbocycles. The van der Waals surface area contributed by atoms with E-state index in [0.29, 0.717) is 6.92 Å². The first kappa shape index (κ1) is 20.3. The Morgan fingerprint density at radius 1 is 1.25 bits per heavy atom. The molecule has 0 radical (unpaired) electrons. The number of anilines is 2. The Morgan fingerprint density at radius 2 is 1.75 bits per heavy atom. The Hall–Kier alpha value is -1.72. The number of halogens is 7. The van der Waals surface area contributed by atoms with E-state index in [1.807, 2.05) is 0 Å². The zero-order valence-electron chi connectivity index (χ0n) is 11.8. The summed E-state index contributed by atoms with van der Waals surface area (Å²) in [5, 5.41) is 20.2. The number of rotatable bonds is 4. The van der Waals surface area contributed by atoms with E-state index >= 15 is 0 Å². The van der Waals surface area contributed by atoms with Crippen molar-refractivity contribution >= 4 is 28.9 Å². The first-order chi connectivity index (χ1) is 10.8. The maximum Gasteiger partial charge on any atom is 0.412 e. The van der Waals surface area contributed by atoms with Crippen LogP contribution in [0.1, 0.15) is 13.3 Å². The highest BCUT2D eigenvalue weighted by Crippen LogP contribution is 2.53. The molecule has 0 aliphatic rings. The smallest absolute Gasteiger partial charge is 0.412 e. The highest BCUT2D eigenvalue weighted by molar-refractivity contribution is 6.31. The third kappa shape index (κ3) is 3.52. The molecule has 12 heteroatoms. The van der Waals surface area contributed by atoms with Crippen molar-refractivity contribution in [2.75, 3.05) is 10.5 Å². The molecule has 2 N–H and O–H groups in total. The van der Waals surface area contributed by atoms with Gasteiger partial charge in [0.15, 0.2) is 0 Å². The van der Waals surface area contributed by atoms with E-state index in [9.17, 15) is 36.3 Å². The molecule has 0 bridgehead atoms. The molecule has 0 heterocycles. The van der Waals surface area contributed by atoms with Gasteiger partial charge in [-0.25, -0.2) is 0 Å². The van der Waals surface area contributed by atoms with Crippen LogP contribution in [0.2, 0.25) is 5.02 Å². The molecule has 0 aliphatic heterocycles. The second-order valence-electron chi connectivity index (χ2n) is 4.64. The molecule has 5 nitrogen and oxygen atoms in total. The molecule has 136 valence electrons. The van der Waals surface area contributed by atoms with Gasteiger partial charge >= 0.3 is 12.4 Å². The Bertz CT molecular complexity index is 604. The highest BCUT2D eigenvalue weighted by Gasteiger charge is 2.74. The zero-order chi connectivity index (χ0) is 18.9. The maximum absolute atomic E-state index is 13.0. The van der Waals surface area contributed by atoms with E-state index in [-0.39, 0.29) is 5.02 Å². The fourth-order valence-electron chi connectivity index (χ4n) is 1.98. The first-order valence-corrected chi connectivity index (χ1v) is 6.56. The van der Waals surface area contributed by atoms with Crippen molar-refractivity contribution in [3.63, 3.8) is 0 Å². The molecule has 0 aromatic heterocycles. The van der Waals surface area contributed by atoms with Crippen molar-refractivity contribution in [2.45, 2.75) is 25.7 Å². The number of carbonyl (C=O) groups is 1. The van der Waals surface area contributed by atoms with Gasteiger partial charge in [0.25, 0.3) is 0 Å². The molecule has 1 aromatic rings. The molecule has 0 saturated carbocycles. The van der Waals surface area contributed by atoms with Crippen molar-refractivity contribution in [1.82, 2.24) is 0 Å². The number of nitrogens with zero attached hydrogens (tertiary/aromatic N) is 1. The highest BCUT2D eigenvalue weighted by atomic mass is 35.5. The van der Waals surface area contributed by atoms with Crippen LogP contribution >= 0.6 is 11.6 Å². The van der Waals surface area contributed by atoms with Crippen molar-refractivity contribution in [2.24, 2.45) is 5.41 Å². The van der Waals surface area contributed by atoms with Crippen LogP contribution in [0.25, 0.3) is 0 Å². The summed E-state index contributed by atoms with van der Waals surface area (Å²) in [6.07, 6.45) is -13.5. The van der Waals surface area contributed by atoms with Gasteiger partial charge in [0.1, 0.15) is 0 Å². The lowest BCUT2D eigenvalue weighted by atomic mass is 9.82. The lowest BCUT2D eigenvalue weighted by Crippen LogP contribution is -2.57. The molecule has 0 spiro atoms. The quantitative estimate of drug-likeness (QED) is 0.597. The molecular formula is C12H10ClF6N2O3-. The summed E-state index contributed by atoms with van der Waals surface area (Å²) in [5.74, 6) is -2.43. The van der Waals surface area contributed by atoms with Gasteiger partial charge in [-0.05, 0) is 24.6 Å². The summed E-state index contributed by atoms with van der Waals surface area (Å²) >= 11 is 5.51. The molecule has 1 rings (SSSR count). The summed E-state index contributed by atoms with van der Waals surface area (Å²) < 4.78 is 78.1. The van der Waals surface area contributed by atoms with Crippen LogP contribution < -0.4 is 10.5 Å². The van der Waals surface area contributed by atoms with Gasteiger partial charge in [-0.2, -0.15) is 26.3 Å². The topological polar surface area (TPSA) is 75.6 Å². The average Bonchev–Trinajstić information content (AvgIpc) is 2.38. The third-order valence-corrected chi connectivity index (χ3v) is 3.53. The normalized spacial score (nSPS) is 12.9. The standard InChI is InChI=1S/C12H10ClF6N2O3/c1-2-10(11(14,15)16,12(17,18)19)9(22)20-7-4-3-6(13)5-8(7)21(23)24/h3-5,23H,2H2,1H3,(H,20,22)/q-1. The van der Waals surface area contributed by atoms with Crippen LogP contribution in [0.4, 0.5) is 37.7 Å². The number of benzene rings is 1. The zero-order valence-corrected chi connectivity index (χ0v) is 12.6. The lowest BCUT2D eigenvalue weighted by molar-refractivity contribution is -0.324. The fourth-order valence-corrected chi connectivity index (χ4v) is 2.14. The van der Waals surface area contributed by atoms with Gasteiger partial charge in [0.2, 0.25) is 11.3 Å². The van der Waals surface area contributed by atoms with Gasteiger partial charge < -0.3 is 15.8 Å². The largest absolute Gasteiger partial charge is 0.733 e. The van der Waals surface area contributed by atoms with E-state index in [0.717, 1.165) is 18.2 Å². The van der Waals surface area contributed by atoms with E-state index in [1.165, 1.54) is 5.32 Å². The Balaban J connectivity index is 3.39. The number of alkyl halides is 6. The summed E-state index contributed by atoms with van der Waals surface area (Å²) in [6, 6.07) is 2.53. The lowest BCUT2D eigenvalue weighted by Gasteiger charge is -2.35. The van der Waals surface area contributed by atoms with E-state index < -0.39 is 46.7 Å². The first-order valence-electron chi connectivity index (χ1n) is 6.18. The van der Waals surface area contributed by atoms with Gasteiger partial charge in [0, 0.05) is 5.02 Å². The molecule has 0 saturated heterocycles. The Kier molecular flexibility index (Phi) is 5.63. The van der Waals surface area contributed by atoms with Crippen LogP contribution in [-0.2, 0) is 4.79 Å². The summed E-state index contributed by atoms with van der Waals surface area (Å²) in [5.41, 5.74) is -6.28. The maximum atomic E-state index is 13.0. The van der Waals surface area contributed by atoms with Gasteiger partial charge in [-0.3, -0.25) is 10.0 Å². The minimum atomic E-state index is -5.94. The fraction of sp³-hybridized carbons (Fsp3) is 0.417. The van der Waals surface area contributed by atoms with Crippen molar-refractivity contribution < 1.29 is 36.3 Å². The van der Waals surface area contributed by atoms with Gasteiger partial charge in [-0.1, -0.05) is 18.5 Å². The molecular weight excluding hydrogens is 370 g/mol. The van der Waals surface area contributed by atoms with Crippen LogP contribution in [0.5, 0.6) is 0 Å². The van der Waals surface area contributed by atoms with Crippen molar-refractivity contribution in [3.8, 4) is 0 Å². The number of carbonyl (C=O) groups excluding carboxylic acids is 1. The SMILES string of the molecule is CCC(C(=O)Nc1ccc(Cl)cc1N([O-])O)(C(F)(F)F)C(F)(F)F. The number of hydrogen-bond acceptors (Lipinski definition) is 4. The van der Waals surface area contributed by atoms with Crippen LogP contribution in [0.3, 0.4) is 0 Å². The summed E-state index contributed by atoms with van der Waals surface area (Å²) in [6.45, 7) is 0.551. The minimum absolute atomic E-state index is 0.147. The summed E-state index contributed by atoms with van der Waals surface area (Å²) in [4.78, 5) is 11.8. The van der Waals surface area contributed by atoms with Crippen LogP contribution in [-0.4, -0.2) is 23.5 Å². The second kappa shape index (κ2) is 6.65. The summed E-state index contributed by atoms with van der Waals surface area (Å²) in [7, 11) is 0. The molecule has 0 aliphatic carbocycles.